The number of methoxy groups -OCH3 is 1. The van der Waals surface area contributed by atoms with Crippen LogP contribution in [0.15, 0.2) is 58.5 Å². The van der Waals surface area contributed by atoms with Crippen molar-refractivity contribution in [1.29, 1.82) is 0 Å². The average Bonchev–Trinajstić information content (AvgIpc) is 2.84. The Morgan fingerprint density at radius 3 is 2.30 bits per heavy atom. The van der Waals surface area contributed by atoms with Crippen molar-refractivity contribution in [3.8, 4) is 5.75 Å². The maximum absolute atomic E-state index is 12.2. The van der Waals surface area contributed by atoms with E-state index in [1.807, 2.05) is 55.5 Å². The molecule has 0 aliphatic carbocycles. The van der Waals surface area contributed by atoms with Gasteiger partial charge in [-0.15, -0.1) is 0 Å². The van der Waals surface area contributed by atoms with Crippen molar-refractivity contribution in [3.05, 3.63) is 54.1 Å². The smallest absolute Gasteiger partial charge is 0.320 e. The number of amidine groups is 1. The predicted octanol–water partition coefficient (Wildman–Crippen LogP) is 4.32. The van der Waals surface area contributed by atoms with Gasteiger partial charge in [0.25, 0.3) is 0 Å². The van der Waals surface area contributed by atoms with Crippen LogP contribution in [0.5, 0.6) is 5.75 Å². The molecule has 0 unspecified atom stereocenters. The number of rotatable bonds is 4. The van der Waals surface area contributed by atoms with Gasteiger partial charge in [0.15, 0.2) is 0 Å². The Hall–Kier alpha value is -3.15. The molecule has 0 radical (unpaired) electrons. The van der Waals surface area contributed by atoms with E-state index >= 15 is 0 Å². The second kappa shape index (κ2) is 8.49. The van der Waals surface area contributed by atoms with Gasteiger partial charge >= 0.3 is 6.03 Å². The van der Waals surface area contributed by atoms with E-state index in [9.17, 15) is 4.79 Å². The molecular weight excluding hydrogens is 340 g/mol. The van der Waals surface area contributed by atoms with Crippen LogP contribution >= 0.6 is 0 Å². The number of fused-ring (bicyclic) bond motifs is 1. The molecule has 6 nitrogen and oxygen atoms in total. The van der Waals surface area contributed by atoms with Crippen molar-refractivity contribution in [3.63, 3.8) is 0 Å². The molecule has 2 aromatic rings. The lowest BCUT2D eigenvalue weighted by atomic mass is 9.91. The van der Waals surface area contributed by atoms with Crippen LogP contribution in [0.4, 0.5) is 16.2 Å². The Morgan fingerprint density at radius 1 is 1.04 bits per heavy atom. The largest absolute Gasteiger partial charge is 0.497 e. The van der Waals surface area contributed by atoms with E-state index in [2.05, 4.69) is 17.6 Å². The molecule has 3 rings (SSSR count). The van der Waals surface area contributed by atoms with E-state index in [1.165, 1.54) is 0 Å². The highest BCUT2D eigenvalue weighted by Crippen LogP contribution is 2.35. The number of carbonyl (C=O) groups excluding carboxylic acids is 1. The van der Waals surface area contributed by atoms with Gasteiger partial charge in [-0.3, -0.25) is 10.3 Å². The number of amides is 2. The molecule has 0 aromatic heterocycles. The number of benzene rings is 2. The Balaban J connectivity index is 2.11. The lowest BCUT2D eigenvalue weighted by Crippen LogP contribution is -2.43. The number of aliphatic imine (C=N–C) groups is 2. The van der Waals surface area contributed by atoms with Crippen LogP contribution in [0.3, 0.4) is 0 Å². The van der Waals surface area contributed by atoms with Gasteiger partial charge in [-0.05, 0) is 43.2 Å². The summed E-state index contributed by atoms with van der Waals surface area (Å²) in [5, 5.41) is 5.70. The number of hydrogen-bond acceptors (Lipinski definition) is 4. The summed E-state index contributed by atoms with van der Waals surface area (Å²) in [6.07, 6.45) is 0.737. The monoisotopic (exact) mass is 364 g/mol. The maximum Gasteiger partial charge on any atom is 0.320 e. The third kappa shape index (κ3) is 4.16. The number of para-hydroxylation sites is 2. The van der Waals surface area contributed by atoms with E-state index in [0.717, 1.165) is 34.8 Å². The molecule has 1 aliphatic heterocycles. The van der Waals surface area contributed by atoms with E-state index in [0.29, 0.717) is 12.4 Å². The summed E-state index contributed by atoms with van der Waals surface area (Å²) < 4.78 is 5.27. The van der Waals surface area contributed by atoms with Crippen LogP contribution in [-0.4, -0.2) is 31.2 Å². The second-order valence-corrected chi connectivity index (χ2v) is 6.13. The number of nitrogens with zero attached hydrogens (tertiary/aromatic N) is 2. The molecule has 1 atom stereocenters. The first-order chi connectivity index (χ1) is 13.2. The van der Waals surface area contributed by atoms with Crippen molar-refractivity contribution in [1.82, 2.24) is 10.6 Å². The second-order valence-electron chi connectivity index (χ2n) is 6.13. The minimum Gasteiger partial charge on any atom is -0.497 e. The van der Waals surface area contributed by atoms with Crippen LogP contribution in [0.2, 0.25) is 0 Å². The minimum absolute atomic E-state index is 0.240. The van der Waals surface area contributed by atoms with Gasteiger partial charge in [0, 0.05) is 12.3 Å². The number of hydrogen-bond donors (Lipinski definition) is 2. The van der Waals surface area contributed by atoms with Gasteiger partial charge in [-0.25, -0.2) is 9.79 Å². The molecule has 1 heterocycles. The highest BCUT2D eigenvalue weighted by molar-refractivity contribution is 6.17. The normalized spacial score (nSPS) is 15.7. The fraction of sp³-hybridized carbons (Fsp3) is 0.286. The molecule has 6 heteroatoms. The zero-order valence-corrected chi connectivity index (χ0v) is 15.8. The molecule has 0 bridgehead atoms. The quantitative estimate of drug-likeness (QED) is 0.847. The van der Waals surface area contributed by atoms with E-state index in [-0.39, 0.29) is 11.9 Å². The lowest BCUT2D eigenvalue weighted by Gasteiger charge is -2.21. The van der Waals surface area contributed by atoms with Gasteiger partial charge in [-0.2, -0.15) is 0 Å². The van der Waals surface area contributed by atoms with Crippen molar-refractivity contribution in [2.24, 2.45) is 9.98 Å². The molecule has 27 heavy (non-hydrogen) atoms. The number of nitrogens with one attached hydrogen (secondary N) is 2. The topological polar surface area (TPSA) is 75.1 Å². The summed E-state index contributed by atoms with van der Waals surface area (Å²) >= 11 is 0. The molecule has 2 N–H and O–H groups in total. The van der Waals surface area contributed by atoms with Crippen molar-refractivity contribution in [2.45, 2.75) is 26.2 Å². The third-order valence-corrected chi connectivity index (χ3v) is 4.38. The van der Waals surface area contributed by atoms with Crippen molar-refractivity contribution in [2.75, 3.05) is 13.7 Å². The fourth-order valence-corrected chi connectivity index (χ4v) is 3.08. The highest BCUT2D eigenvalue weighted by atomic mass is 16.5. The van der Waals surface area contributed by atoms with Gasteiger partial charge < -0.3 is 10.1 Å². The van der Waals surface area contributed by atoms with Gasteiger partial charge in [0.05, 0.1) is 24.4 Å². The van der Waals surface area contributed by atoms with Gasteiger partial charge in [-0.1, -0.05) is 31.2 Å². The Kier molecular flexibility index (Phi) is 5.86. The van der Waals surface area contributed by atoms with Gasteiger partial charge in [0.2, 0.25) is 0 Å². The Labute approximate surface area is 159 Å². The molecule has 0 spiro atoms. The summed E-state index contributed by atoms with van der Waals surface area (Å²) in [6.45, 7) is 4.48. The Morgan fingerprint density at radius 2 is 1.70 bits per heavy atom. The van der Waals surface area contributed by atoms with E-state index in [4.69, 9.17) is 14.7 Å². The van der Waals surface area contributed by atoms with E-state index in [1.54, 1.807) is 7.11 Å². The molecule has 140 valence electrons. The molecular formula is C21H24N4O2. The number of urea groups is 1. The highest BCUT2D eigenvalue weighted by Gasteiger charge is 2.27. The van der Waals surface area contributed by atoms with E-state index < -0.39 is 0 Å². The summed E-state index contributed by atoms with van der Waals surface area (Å²) in [6, 6.07) is 15.2. The average molecular weight is 364 g/mol. The van der Waals surface area contributed by atoms with Crippen LogP contribution in [0, 0.1) is 0 Å². The Bertz CT molecular complexity index is 872. The number of carbonyl (C=O) groups is 1. The van der Waals surface area contributed by atoms with Gasteiger partial charge in [0.1, 0.15) is 11.6 Å². The predicted molar refractivity (Wildman–Crippen MR) is 109 cm³/mol. The molecule has 0 saturated heterocycles. The lowest BCUT2D eigenvalue weighted by molar-refractivity contribution is 0.245. The molecule has 0 saturated carbocycles. The first-order valence-corrected chi connectivity index (χ1v) is 9.10. The van der Waals surface area contributed by atoms with Crippen LogP contribution in [0.25, 0.3) is 0 Å². The maximum atomic E-state index is 12.2. The zero-order chi connectivity index (χ0) is 19.2. The zero-order valence-electron chi connectivity index (χ0n) is 15.8. The summed E-state index contributed by atoms with van der Waals surface area (Å²) in [5.41, 5.74) is 3.49. The summed E-state index contributed by atoms with van der Waals surface area (Å²) in [7, 11) is 1.64. The first kappa shape index (κ1) is 18.6. The third-order valence-electron chi connectivity index (χ3n) is 4.38. The first-order valence-electron chi connectivity index (χ1n) is 9.10. The van der Waals surface area contributed by atoms with Crippen molar-refractivity contribution < 1.29 is 9.53 Å². The van der Waals surface area contributed by atoms with Crippen LogP contribution < -0.4 is 15.4 Å². The standard InChI is InChI=1S/C21H24N4O2/c1-4-16-19(14-10-12-15(27-3)13-11-14)20(25-21(26)22-5-2)24-18-9-7-6-8-17(18)23-16/h6-13,19H,4-5H2,1-3H3,(H2,22,24,25,26)/t19-/m1/s1. The summed E-state index contributed by atoms with van der Waals surface area (Å²) in [5.74, 6) is 1.10. The minimum atomic E-state index is -0.274. The molecule has 1 aliphatic rings. The molecule has 2 amide bonds. The summed E-state index contributed by atoms with van der Waals surface area (Å²) in [4.78, 5) is 21.9. The SMILES string of the molecule is CCNC(=O)NC1=Nc2ccccc2N=C(CC)[C@H]1c1ccc(OC)cc1. The molecule has 0 fully saturated rings. The molecule has 2 aromatic carbocycles. The van der Waals surface area contributed by atoms with Crippen LogP contribution in [0.1, 0.15) is 31.7 Å². The van der Waals surface area contributed by atoms with Crippen LogP contribution in [-0.2, 0) is 0 Å². The van der Waals surface area contributed by atoms with Crippen molar-refractivity contribution >= 4 is 29.0 Å². The number of ether oxygens (including phenoxy) is 1. The fourth-order valence-electron chi connectivity index (χ4n) is 3.08.